The van der Waals surface area contributed by atoms with Crippen molar-refractivity contribution < 1.29 is 23.1 Å². The van der Waals surface area contributed by atoms with E-state index >= 15 is 0 Å². The van der Waals surface area contributed by atoms with E-state index in [9.17, 15) is 18.3 Å². The van der Waals surface area contributed by atoms with Gasteiger partial charge in [-0.05, 0) is 31.0 Å². The summed E-state index contributed by atoms with van der Waals surface area (Å²) in [5.41, 5.74) is 0.379. The molecule has 23 heavy (non-hydrogen) atoms. The Morgan fingerprint density at radius 2 is 2.17 bits per heavy atom. The first kappa shape index (κ1) is 17.7. The average Bonchev–Trinajstić information content (AvgIpc) is 2.91. The van der Waals surface area contributed by atoms with Crippen molar-refractivity contribution >= 4 is 27.6 Å². The minimum Gasteiger partial charge on any atom is -0.468 e. The Morgan fingerprint density at radius 3 is 2.74 bits per heavy atom. The normalized spacial score (nSPS) is 21.9. The highest BCUT2D eigenvalue weighted by Crippen LogP contribution is 2.32. The van der Waals surface area contributed by atoms with Crippen molar-refractivity contribution in [1.29, 1.82) is 5.26 Å². The molecular formula is C14H15ClN2O5S. The maximum Gasteiger partial charge on any atom is 0.326 e. The number of methoxy groups -OCH3 is 1. The Balaban J connectivity index is 2.53. The van der Waals surface area contributed by atoms with Gasteiger partial charge in [-0.1, -0.05) is 11.6 Å². The molecule has 0 bridgehead atoms. The molecule has 1 unspecified atom stereocenters. The molecule has 0 spiro atoms. The molecule has 7 nitrogen and oxygen atoms in total. The number of carbonyl (C=O) groups is 1. The molecule has 1 saturated heterocycles. The lowest BCUT2D eigenvalue weighted by Crippen LogP contribution is -2.45. The maximum atomic E-state index is 12.8. The van der Waals surface area contributed by atoms with Crippen LogP contribution < -0.4 is 0 Å². The summed E-state index contributed by atoms with van der Waals surface area (Å²) in [7, 11) is -2.95. The van der Waals surface area contributed by atoms with Crippen molar-refractivity contribution in [3.05, 3.63) is 28.3 Å². The number of aliphatic hydroxyl groups excluding tert-OH is 1. The van der Waals surface area contributed by atoms with Crippen molar-refractivity contribution in [2.45, 2.75) is 30.4 Å². The Morgan fingerprint density at radius 1 is 1.52 bits per heavy atom. The second kappa shape index (κ2) is 6.45. The average molecular weight is 359 g/mol. The van der Waals surface area contributed by atoms with Crippen LogP contribution in [0, 0.1) is 18.3 Å². The summed E-state index contributed by atoms with van der Waals surface area (Å²) in [6.07, 6.45) is -1.01. The number of nitrogens with zero attached hydrogens (tertiary/aromatic N) is 2. The molecule has 0 radical (unpaired) electrons. The Bertz CT molecular complexity index is 787. The van der Waals surface area contributed by atoms with Gasteiger partial charge in [0.05, 0.1) is 28.7 Å². The Kier molecular flexibility index (Phi) is 4.96. The molecule has 9 heteroatoms. The van der Waals surface area contributed by atoms with E-state index in [0.717, 1.165) is 11.4 Å². The van der Waals surface area contributed by atoms with E-state index in [4.69, 9.17) is 16.9 Å². The van der Waals surface area contributed by atoms with E-state index in [2.05, 4.69) is 4.74 Å². The van der Waals surface area contributed by atoms with E-state index in [1.165, 1.54) is 19.1 Å². The lowest BCUT2D eigenvalue weighted by atomic mass is 10.1. The van der Waals surface area contributed by atoms with Gasteiger partial charge in [0.2, 0.25) is 10.0 Å². The van der Waals surface area contributed by atoms with Gasteiger partial charge in [0.1, 0.15) is 12.1 Å². The molecule has 1 fully saturated rings. The van der Waals surface area contributed by atoms with Crippen molar-refractivity contribution in [3.8, 4) is 6.07 Å². The second-order valence-corrected chi connectivity index (χ2v) is 7.34. The van der Waals surface area contributed by atoms with Crippen LogP contribution in [0.2, 0.25) is 5.02 Å². The number of halogens is 1. The summed E-state index contributed by atoms with van der Waals surface area (Å²) in [4.78, 5) is 11.7. The molecule has 124 valence electrons. The molecule has 1 aliphatic rings. The van der Waals surface area contributed by atoms with Crippen molar-refractivity contribution in [2.24, 2.45) is 0 Å². The van der Waals surface area contributed by atoms with E-state index in [0.29, 0.717) is 0 Å². The molecule has 0 saturated carbocycles. The molecule has 2 rings (SSSR count). The first-order valence-corrected chi connectivity index (χ1v) is 8.54. The molecule has 2 atom stereocenters. The number of sulfonamides is 1. The zero-order valence-electron chi connectivity index (χ0n) is 12.5. The predicted octanol–water partition coefficient (Wildman–Crippen LogP) is 0.817. The highest BCUT2D eigenvalue weighted by molar-refractivity contribution is 7.89. The molecule has 1 aromatic carbocycles. The van der Waals surface area contributed by atoms with E-state index in [1.54, 1.807) is 0 Å². The van der Waals surface area contributed by atoms with Crippen LogP contribution in [0.25, 0.3) is 0 Å². The van der Waals surface area contributed by atoms with E-state index in [-0.39, 0.29) is 34.0 Å². The van der Waals surface area contributed by atoms with Crippen LogP contribution in [-0.4, -0.2) is 49.6 Å². The van der Waals surface area contributed by atoms with Gasteiger partial charge < -0.3 is 9.84 Å². The quantitative estimate of drug-likeness (QED) is 0.801. The molecule has 1 N–H and O–H groups in total. The van der Waals surface area contributed by atoms with Gasteiger partial charge in [0, 0.05) is 6.54 Å². The summed E-state index contributed by atoms with van der Waals surface area (Å²) in [5, 5.41) is 18.9. The summed E-state index contributed by atoms with van der Waals surface area (Å²) in [5.74, 6) is -0.823. The fourth-order valence-corrected chi connectivity index (χ4v) is 4.69. The molecular weight excluding hydrogens is 344 g/mol. The SMILES string of the molecule is COC(=O)C1[C@H](O)CCN1S(=O)(=O)c1ccc(C#N)c(Cl)c1C. The van der Waals surface area contributed by atoms with Gasteiger partial charge >= 0.3 is 5.97 Å². The number of esters is 1. The van der Waals surface area contributed by atoms with Crippen LogP contribution in [0.5, 0.6) is 0 Å². The predicted molar refractivity (Wildman–Crippen MR) is 81.2 cm³/mol. The minimum atomic E-state index is -4.08. The largest absolute Gasteiger partial charge is 0.468 e. The van der Waals surface area contributed by atoms with Crippen molar-refractivity contribution in [1.82, 2.24) is 4.31 Å². The Labute approximate surface area is 139 Å². The van der Waals surface area contributed by atoms with Crippen LogP contribution in [0.1, 0.15) is 17.5 Å². The zero-order chi connectivity index (χ0) is 17.4. The Hall–Kier alpha value is -1.66. The van der Waals surface area contributed by atoms with Gasteiger partial charge in [0.15, 0.2) is 0 Å². The summed E-state index contributed by atoms with van der Waals surface area (Å²) >= 11 is 6.02. The monoisotopic (exact) mass is 358 g/mol. The number of rotatable bonds is 3. The van der Waals surface area contributed by atoms with E-state index in [1.807, 2.05) is 6.07 Å². The number of ether oxygens (including phenoxy) is 1. The smallest absolute Gasteiger partial charge is 0.326 e. The number of benzene rings is 1. The number of hydrogen-bond acceptors (Lipinski definition) is 6. The second-order valence-electron chi connectivity index (χ2n) is 5.10. The van der Waals surface area contributed by atoms with Gasteiger partial charge in [-0.15, -0.1) is 0 Å². The third-order valence-electron chi connectivity index (χ3n) is 3.81. The molecule has 1 heterocycles. The molecule has 1 aliphatic heterocycles. The number of aliphatic hydroxyl groups is 1. The van der Waals surface area contributed by atoms with Crippen LogP contribution >= 0.6 is 11.6 Å². The topological polar surface area (TPSA) is 108 Å². The summed E-state index contributed by atoms with van der Waals surface area (Å²) in [6.45, 7) is 1.47. The minimum absolute atomic E-state index is 0.0136. The molecule has 0 aromatic heterocycles. The number of nitriles is 1. The van der Waals surface area contributed by atoms with Crippen LogP contribution in [-0.2, 0) is 19.6 Å². The molecule has 0 aliphatic carbocycles. The van der Waals surface area contributed by atoms with Gasteiger partial charge in [0.25, 0.3) is 0 Å². The van der Waals surface area contributed by atoms with E-state index < -0.39 is 28.1 Å². The zero-order valence-corrected chi connectivity index (χ0v) is 14.1. The summed E-state index contributed by atoms with van der Waals surface area (Å²) in [6, 6.07) is 3.16. The maximum absolute atomic E-state index is 12.8. The van der Waals surface area contributed by atoms with Crippen LogP contribution in [0.4, 0.5) is 0 Å². The standard InChI is InChI=1S/C14H15ClN2O5S/c1-8-11(4-3-9(7-16)12(8)15)23(20,21)17-6-5-10(18)13(17)14(19)22-2/h3-4,10,13,18H,5-6H2,1-2H3/t10-,13?/m1/s1. The lowest BCUT2D eigenvalue weighted by molar-refractivity contribution is -0.146. The third kappa shape index (κ3) is 2.93. The van der Waals surface area contributed by atoms with Crippen molar-refractivity contribution in [3.63, 3.8) is 0 Å². The first-order valence-electron chi connectivity index (χ1n) is 6.72. The lowest BCUT2D eigenvalue weighted by Gasteiger charge is -2.24. The van der Waals surface area contributed by atoms with Crippen LogP contribution in [0.15, 0.2) is 17.0 Å². The van der Waals surface area contributed by atoms with Crippen molar-refractivity contribution in [2.75, 3.05) is 13.7 Å². The number of carbonyl (C=O) groups excluding carboxylic acids is 1. The first-order chi connectivity index (χ1) is 10.8. The number of hydrogen-bond donors (Lipinski definition) is 1. The highest BCUT2D eigenvalue weighted by Gasteiger charge is 2.46. The fraction of sp³-hybridized carbons (Fsp3) is 0.429. The van der Waals surface area contributed by atoms with Gasteiger partial charge in [-0.3, -0.25) is 4.79 Å². The van der Waals surface area contributed by atoms with Gasteiger partial charge in [-0.2, -0.15) is 9.57 Å². The molecule has 1 aromatic rings. The van der Waals surface area contributed by atoms with Crippen LogP contribution in [0.3, 0.4) is 0 Å². The fourth-order valence-electron chi connectivity index (χ4n) is 2.57. The molecule has 0 amide bonds. The third-order valence-corrected chi connectivity index (χ3v) is 6.32. The highest BCUT2D eigenvalue weighted by atomic mass is 35.5. The van der Waals surface area contributed by atoms with Gasteiger partial charge in [-0.25, -0.2) is 8.42 Å². The summed E-state index contributed by atoms with van der Waals surface area (Å²) < 4.78 is 31.2.